The lowest BCUT2D eigenvalue weighted by atomic mass is 10.1. The average Bonchev–Trinajstić information content (AvgIpc) is 2.78. The summed E-state index contributed by atoms with van der Waals surface area (Å²) in [5.41, 5.74) is -0.728. The average molecular weight is 439 g/mol. The van der Waals surface area contributed by atoms with Crippen LogP contribution in [-0.4, -0.2) is 28.8 Å². The minimum Gasteiger partial charge on any atom is -0.372 e. The van der Waals surface area contributed by atoms with Crippen LogP contribution >= 0.6 is 0 Å². The van der Waals surface area contributed by atoms with Crippen LogP contribution in [0, 0.1) is 31.6 Å². The van der Waals surface area contributed by atoms with Crippen molar-refractivity contribution in [2.24, 2.45) is 10.2 Å². The molecule has 2 aromatic rings. The van der Waals surface area contributed by atoms with E-state index >= 15 is 0 Å². The molecule has 12 nitrogen and oxygen atoms in total. The first kappa shape index (κ1) is 23.9. The van der Waals surface area contributed by atoms with Crippen LogP contribution in [0.5, 0.6) is 0 Å². The highest BCUT2D eigenvalue weighted by molar-refractivity contribution is 5.94. The Morgan fingerprint density at radius 1 is 1.09 bits per heavy atom. The Morgan fingerprint density at radius 3 is 2.31 bits per heavy atom. The molecule has 0 aliphatic heterocycles. The zero-order valence-electron chi connectivity index (χ0n) is 17.7. The van der Waals surface area contributed by atoms with Gasteiger partial charge in [0.15, 0.2) is 5.69 Å². The number of nitro groups is 2. The Hall–Kier alpha value is -4.40. The summed E-state index contributed by atoms with van der Waals surface area (Å²) in [6.45, 7) is 7.12. The third kappa shape index (κ3) is 5.39. The lowest BCUT2D eigenvalue weighted by Crippen LogP contribution is -2.22. The molecule has 0 unspecified atom stereocenters. The van der Waals surface area contributed by atoms with Crippen molar-refractivity contribution < 1.29 is 14.6 Å². The highest BCUT2D eigenvalue weighted by Gasteiger charge is 2.24. The van der Waals surface area contributed by atoms with Crippen LogP contribution in [0.2, 0.25) is 0 Å². The Kier molecular flexibility index (Phi) is 7.89. The third-order valence-corrected chi connectivity index (χ3v) is 4.56. The Morgan fingerprint density at radius 2 is 1.78 bits per heavy atom. The van der Waals surface area contributed by atoms with Crippen molar-refractivity contribution in [3.05, 3.63) is 56.1 Å². The third-order valence-electron chi connectivity index (χ3n) is 4.56. The Bertz CT molecular complexity index is 1120. The number of nitriles is 1. The van der Waals surface area contributed by atoms with E-state index in [4.69, 9.17) is 0 Å². The topological polar surface area (TPSA) is 167 Å². The fraction of sp³-hybridized carbons (Fsp3) is 0.300. The minimum atomic E-state index is -0.870. The summed E-state index contributed by atoms with van der Waals surface area (Å²) in [4.78, 5) is 34.8. The maximum absolute atomic E-state index is 12.0. The summed E-state index contributed by atoms with van der Waals surface area (Å²) < 4.78 is 0. The molecule has 166 valence electrons. The minimum absolute atomic E-state index is 0.208. The van der Waals surface area contributed by atoms with Crippen LogP contribution < -0.4 is 10.2 Å². The molecule has 0 saturated carbocycles. The van der Waals surface area contributed by atoms with Gasteiger partial charge < -0.3 is 10.2 Å². The molecule has 0 heterocycles. The first-order chi connectivity index (χ1) is 15.2. The number of carbonyl (C=O) groups is 1. The Balaban J connectivity index is 2.61. The molecule has 0 saturated heterocycles. The van der Waals surface area contributed by atoms with Crippen LogP contribution in [-0.2, 0) is 4.79 Å². The van der Waals surface area contributed by atoms with Gasteiger partial charge in [-0.3, -0.25) is 25.0 Å². The number of nitrogens with one attached hydrogen (secondary N) is 1. The van der Waals surface area contributed by atoms with Gasteiger partial charge >= 0.3 is 5.69 Å². The molecule has 2 rings (SSSR count). The van der Waals surface area contributed by atoms with Gasteiger partial charge in [-0.25, -0.2) is 0 Å². The molecule has 0 bridgehead atoms. The molecular formula is C20H21N7O5. The molecule has 32 heavy (non-hydrogen) atoms. The van der Waals surface area contributed by atoms with Gasteiger partial charge in [0, 0.05) is 31.3 Å². The predicted molar refractivity (Wildman–Crippen MR) is 118 cm³/mol. The molecule has 0 spiro atoms. The maximum atomic E-state index is 12.0. The second-order valence-electron chi connectivity index (χ2n) is 6.46. The van der Waals surface area contributed by atoms with E-state index in [1.54, 1.807) is 31.2 Å². The van der Waals surface area contributed by atoms with Crippen molar-refractivity contribution in [1.82, 2.24) is 0 Å². The summed E-state index contributed by atoms with van der Waals surface area (Å²) in [7, 11) is 0. The van der Waals surface area contributed by atoms with Gasteiger partial charge in [-0.1, -0.05) is 6.92 Å². The van der Waals surface area contributed by atoms with Crippen molar-refractivity contribution in [1.29, 1.82) is 5.26 Å². The number of benzene rings is 2. The van der Waals surface area contributed by atoms with Gasteiger partial charge in [-0.05, 0) is 32.0 Å². The maximum Gasteiger partial charge on any atom is 0.304 e. The van der Waals surface area contributed by atoms with E-state index in [9.17, 15) is 30.3 Å². The predicted octanol–water partition coefficient (Wildman–Crippen LogP) is 4.98. The fourth-order valence-electron chi connectivity index (χ4n) is 2.88. The van der Waals surface area contributed by atoms with E-state index < -0.39 is 26.9 Å². The zero-order chi connectivity index (χ0) is 23.8. The van der Waals surface area contributed by atoms with Crippen molar-refractivity contribution in [3.8, 4) is 6.07 Å². The van der Waals surface area contributed by atoms with Gasteiger partial charge in [-0.2, -0.15) is 5.26 Å². The van der Waals surface area contributed by atoms with Crippen molar-refractivity contribution in [2.45, 2.75) is 27.2 Å². The number of rotatable bonds is 9. The lowest BCUT2D eigenvalue weighted by Gasteiger charge is -2.22. The normalized spacial score (nSPS) is 10.6. The highest BCUT2D eigenvalue weighted by atomic mass is 16.6. The molecule has 1 N–H and O–H groups in total. The molecule has 0 fully saturated rings. The molecule has 0 aliphatic carbocycles. The fourth-order valence-corrected chi connectivity index (χ4v) is 2.88. The summed E-state index contributed by atoms with van der Waals surface area (Å²) in [5.74, 6) is -0.267. The number of anilines is 2. The molecular weight excluding hydrogens is 418 g/mol. The van der Waals surface area contributed by atoms with E-state index in [1.165, 1.54) is 0 Å². The highest BCUT2D eigenvalue weighted by Crippen LogP contribution is 2.38. The number of nitrogens with zero attached hydrogens (tertiary/aromatic N) is 6. The SMILES string of the molecule is CCC(=O)Nc1cc(N(CC)CC)ccc1N=Nc1c(C#N)cc([N+](=O)[O-])cc1[N+](=O)[O-]. The van der Waals surface area contributed by atoms with Crippen LogP contribution in [0.4, 0.5) is 34.1 Å². The van der Waals surface area contributed by atoms with E-state index in [-0.39, 0.29) is 23.6 Å². The quantitative estimate of drug-likeness (QED) is 0.326. The van der Waals surface area contributed by atoms with Crippen molar-refractivity contribution in [3.63, 3.8) is 0 Å². The van der Waals surface area contributed by atoms with Gasteiger partial charge in [0.1, 0.15) is 11.8 Å². The van der Waals surface area contributed by atoms with Crippen LogP contribution in [0.25, 0.3) is 0 Å². The Labute approximate surface area is 183 Å². The number of hydrogen-bond donors (Lipinski definition) is 1. The van der Waals surface area contributed by atoms with Gasteiger partial charge in [-0.15, -0.1) is 10.2 Å². The standard InChI is InChI=1S/C20H21N7O5/c1-4-19(28)22-17-10-14(25(5-2)6-3)7-8-16(17)23-24-20-13(12-21)9-15(26(29)30)11-18(20)27(31)32/h7-11H,4-6H2,1-3H3,(H,22,28). The second-order valence-corrected chi connectivity index (χ2v) is 6.46. The number of azo groups is 1. The van der Waals surface area contributed by atoms with Crippen LogP contribution in [0.3, 0.4) is 0 Å². The summed E-state index contributed by atoms with van der Waals surface area (Å²) >= 11 is 0. The van der Waals surface area contributed by atoms with Gasteiger partial charge in [0.05, 0.1) is 27.2 Å². The first-order valence-electron chi connectivity index (χ1n) is 9.73. The number of hydrogen-bond acceptors (Lipinski definition) is 9. The lowest BCUT2D eigenvalue weighted by molar-refractivity contribution is -0.393. The smallest absolute Gasteiger partial charge is 0.304 e. The van der Waals surface area contributed by atoms with Crippen LogP contribution in [0.15, 0.2) is 40.6 Å². The van der Waals surface area contributed by atoms with Crippen LogP contribution in [0.1, 0.15) is 32.8 Å². The number of nitro benzene ring substituents is 2. The first-order valence-corrected chi connectivity index (χ1v) is 9.73. The number of amides is 1. The summed E-state index contributed by atoms with van der Waals surface area (Å²) in [6.07, 6.45) is 0.221. The van der Waals surface area contributed by atoms with Crippen molar-refractivity contribution in [2.75, 3.05) is 23.3 Å². The van der Waals surface area contributed by atoms with E-state index in [0.29, 0.717) is 5.69 Å². The van der Waals surface area contributed by atoms with Gasteiger partial charge in [0.25, 0.3) is 5.69 Å². The summed E-state index contributed by atoms with van der Waals surface area (Å²) in [6, 6.07) is 8.36. The molecule has 0 radical (unpaired) electrons. The molecule has 2 aromatic carbocycles. The second kappa shape index (κ2) is 10.6. The molecule has 0 aromatic heterocycles. The zero-order valence-corrected chi connectivity index (χ0v) is 17.7. The summed E-state index contributed by atoms with van der Waals surface area (Å²) in [5, 5.41) is 42.4. The molecule has 12 heteroatoms. The largest absolute Gasteiger partial charge is 0.372 e. The van der Waals surface area contributed by atoms with Gasteiger partial charge in [0.2, 0.25) is 5.91 Å². The number of non-ortho nitro benzene ring substituents is 1. The molecule has 0 atom stereocenters. The molecule has 1 amide bonds. The monoisotopic (exact) mass is 439 g/mol. The van der Waals surface area contributed by atoms with E-state index in [2.05, 4.69) is 20.4 Å². The van der Waals surface area contributed by atoms with E-state index in [0.717, 1.165) is 30.9 Å². The molecule has 0 aliphatic rings. The number of carbonyl (C=O) groups excluding carboxylic acids is 1. The van der Waals surface area contributed by atoms with E-state index in [1.807, 2.05) is 13.8 Å². The van der Waals surface area contributed by atoms with Crippen molar-refractivity contribution >= 4 is 40.0 Å².